The van der Waals surface area contributed by atoms with Gasteiger partial charge in [0.05, 0.1) is 16.7 Å². The molecule has 0 radical (unpaired) electrons. The SMILES string of the molecule is CC(C)c1cc(-n2c3[c-]c(Oc4[c-]c(-n5[c-][n+](-c6c(-c7ccccc7)cccc6-c6ccccc6)c6ccccc65)ccc4)ccc3c3cc(C(C)(C)C)ccc32)ncc1-c1ccccc1.[Pt]. The maximum absolute atomic E-state index is 6.73. The number of benzene rings is 8. The Morgan fingerprint density at radius 2 is 1.18 bits per heavy atom. The number of hydrogen-bond donors (Lipinski definition) is 0. The molecule has 11 aromatic rings. The molecule has 0 amide bonds. The predicted octanol–water partition coefficient (Wildman–Crippen LogP) is 15.0. The van der Waals surface area contributed by atoms with Crippen molar-refractivity contribution in [2.24, 2.45) is 0 Å². The molecular formula is C61H48N4OPt-2. The standard InChI is InChI=1S/C61H48N4O.Pt/c1-41(2)52-38-59(62-39-54(52)44-23-13-8-14-24-44)65-55-34-31-45(61(3,4)5)35-53(55)51-33-32-48(37-58(51)65)66-47-26-17-25-46(36-47)63-40-64(57-30-16-15-29-56(57)63)60-49(42-19-9-6-10-20-42)27-18-28-50(60)43-21-11-7-12-22-43;/h6-35,38-39,41H,1-5H3;/q-2;. The molecule has 8 aromatic carbocycles. The summed E-state index contributed by atoms with van der Waals surface area (Å²) >= 11 is 0. The average Bonchev–Trinajstić information content (AvgIpc) is 3.90. The molecule has 0 saturated heterocycles. The number of imidazole rings is 1. The summed E-state index contributed by atoms with van der Waals surface area (Å²) in [7, 11) is 0. The summed E-state index contributed by atoms with van der Waals surface area (Å²) in [4.78, 5) is 5.15. The largest absolute Gasteiger partial charge is 0.510 e. The number of fused-ring (bicyclic) bond motifs is 4. The van der Waals surface area contributed by atoms with Crippen LogP contribution >= 0.6 is 0 Å². The molecule has 0 aliphatic rings. The zero-order valence-corrected chi connectivity index (χ0v) is 40.3. The van der Waals surface area contributed by atoms with Crippen LogP contribution in [0.2, 0.25) is 0 Å². The maximum atomic E-state index is 6.73. The Morgan fingerprint density at radius 3 is 1.84 bits per heavy atom. The first-order chi connectivity index (χ1) is 32.2. The van der Waals surface area contributed by atoms with Crippen molar-refractivity contribution in [1.82, 2.24) is 14.1 Å². The van der Waals surface area contributed by atoms with Crippen LogP contribution in [0.5, 0.6) is 11.5 Å². The van der Waals surface area contributed by atoms with Gasteiger partial charge in [0.2, 0.25) is 0 Å². The Kier molecular flexibility index (Phi) is 11.6. The Balaban J connectivity index is 0.00000525. The summed E-state index contributed by atoms with van der Waals surface area (Å²) in [6.07, 6.45) is 5.79. The molecule has 3 heterocycles. The second-order valence-electron chi connectivity index (χ2n) is 18.2. The van der Waals surface area contributed by atoms with E-state index in [0.29, 0.717) is 11.5 Å². The average molecular weight is 1050 g/mol. The van der Waals surface area contributed by atoms with Gasteiger partial charge in [0.25, 0.3) is 6.33 Å². The summed E-state index contributed by atoms with van der Waals surface area (Å²) in [5.74, 6) is 2.28. The summed E-state index contributed by atoms with van der Waals surface area (Å²) in [5.41, 5.74) is 15.1. The van der Waals surface area contributed by atoms with E-state index in [1.54, 1.807) is 0 Å². The molecule has 11 rings (SSSR count). The molecule has 0 unspecified atom stereocenters. The Hall–Kier alpha value is -7.33. The minimum atomic E-state index is -0.0200. The van der Waals surface area contributed by atoms with Crippen LogP contribution in [0.1, 0.15) is 51.7 Å². The van der Waals surface area contributed by atoms with Crippen LogP contribution in [0.4, 0.5) is 0 Å². The molecule has 67 heavy (non-hydrogen) atoms. The molecule has 0 bridgehead atoms. The van der Waals surface area contributed by atoms with E-state index < -0.39 is 0 Å². The maximum Gasteiger partial charge on any atom is 0.268 e. The predicted molar refractivity (Wildman–Crippen MR) is 269 cm³/mol. The first kappa shape index (κ1) is 43.6. The van der Waals surface area contributed by atoms with E-state index in [2.05, 4.69) is 237 Å². The van der Waals surface area contributed by atoms with Crippen molar-refractivity contribution in [3.8, 4) is 62.1 Å². The van der Waals surface area contributed by atoms with E-state index >= 15 is 0 Å². The van der Waals surface area contributed by atoms with Gasteiger partial charge in [-0.1, -0.05) is 186 Å². The molecule has 0 fully saturated rings. The molecule has 0 aliphatic heterocycles. The quantitative estimate of drug-likeness (QED) is 0.107. The van der Waals surface area contributed by atoms with Crippen molar-refractivity contribution < 1.29 is 30.4 Å². The van der Waals surface area contributed by atoms with E-state index in [9.17, 15) is 0 Å². The second-order valence-corrected chi connectivity index (χ2v) is 18.2. The summed E-state index contributed by atoms with van der Waals surface area (Å²) in [5, 5.41) is 2.24. The van der Waals surface area contributed by atoms with Gasteiger partial charge in [0, 0.05) is 49.8 Å². The molecule has 0 aliphatic carbocycles. The van der Waals surface area contributed by atoms with Gasteiger partial charge in [-0.25, -0.2) is 4.98 Å². The monoisotopic (exact) mass is 1050 g/mol. The number of rotatable bonds is 9. The van der Waals surface area contributed by atoms with Crippen molar-refractivity contribution in [3.05, 3.63) is 224 Å². The van der Waals surface area contributed by atoms with Gasteiger partial charge < -0.3 is 13.9 Å². The Morgan fingerprint density at radius 1 is 0.567 bits per heavy atom. The van der Waals surface area contributed by atoms with Crippen LogP contribution in [-0.4, -0.2) is 14.1 Å². The number of ether oxygens (including phenoxy) is 1. The number of para-hydroxylation sites is 3. The van der Waals surface area contributed by atoms with E-state index in [-0.39, 0.29) is 32.4 Å². The van der Waals surface area contributed by atoms with Crippen molar-refractivity contribution in [1.29, 1.82) is 0 Å². The fourth-order valence-electron chi connectivity index (χ4n) is 9.24. The summed E-state index contributed by atoms with van der Waals surface area (Å²) in [6.45, 7) is 11.3. The van der Waals surface area contributed by atoms with Gasteiger partial charge in [-0.3, -0.25) is 4.57 Å². The van der Waals surface area contributed by atoms with Crippen LogP contribution < -0.4 is 9.30 Å². The van der Waals surface area contributed by atoms with E-state index in [0.717, 1.165) is 83.4 Å². The van der Waals surface area contributed by atoms with E-state index in [1.165, 1.54) is 11.1 Å². The number of hydrogen-bond acceptors (Lipinski definition) is 2. The van der Waals surface area contributed by atoms with Crippen LogP contribution in [0.15, 0.2) is 194 Å². The molecular weight excluding hydrogens is 1000 g/mol. The number of pyridine rings is 1. The van der Waals surface area contributed by atoms with Crippen molar-refractivity contribution in [2.45, 2.75) is 46.0 Å². The molecule has 0 N–H and O–H groups in total. The number of aromatic nitrogens is 4. The fraction of sp³-hybridized carbons (Fsp3) is 0.115. The second kappa shape index (κ2) is 17.8. The van der Waals surface area contributed by atoms with Gasteiger partial charge in [-0.2, -0.15) is 18.2 Å². The van der Waals surface area contributed by atoms with Gasteiger partial charge in [-0.15, -0.1) is 29.7 Å². The fourth-order valence-corrected chi connectivity index (χ4v) is 9.24. The molecule has 0 saturated carbocycles. The third-order valence-electron chi connectivity index (χ3n) is 12.6. The van der Waals surface area contributed by atoms with E-state index in [4.69, 9.17) is 9.72 Å². The molecule has 6 heteroatoms. The van der Waals surface area contributed by atoms with E-state index in [1.807, 2.05) is 24.4 Å². The third kappa shape index (κ3) is 8.08. The first-order valence-electron chi connectivity index (χ1n) is 22.7. The molecule has 330 valence electrons. The van der Waals surface area contributed by atoms with Gasteiger partial charge in [0.1, 0.15) is 5.82 Å². The van der Waals surface area contributed by atoms with Crippen LogP contribution in [0.3, 0.4) is 0 Å². The summed E-state index contributed by atoms with van der Waals surface area (Å²) < 4.78 is 13.2. The molecule has 0 atom stereocenters. The van der Waals surface area contributed by atoms with Gasteiger partial charge >= 0.3 is 0 Å². The topological polar surface area (TPSA) is 35.9 Å². The smallest absolute Gasteiger partial charge is 0.268 e. The summed E-state index contributed by atoms with van der Waals surface area (Å²) in [6, 6.07) is 73.2. The number of nitrogens with zero attached hydrogens (tertiary/aromatic N) is 4. The van der Waals surface area contributed by atoms with Crippen molar-refractivity contribution in [3.63, 3.8) is 0 Å². The Labute approximate surface area is 406 Å². The third-order valence-corrected chi connectivity index (χ3v) is 12.6. The zero-order valence-electron chi connectivity index (χ0n) is 38.1. The molecule has 5 nitrogen and oxygen atoms in total. The van der Waals surface area contributed by atoms with Crippen molar-refractivity contribution >= 4 is 32.8 Å². The minimum Gasteiger partial charge on any atom is -0.510 e. The zero-order chi connectivity index (χ0) is 44.9. The van der Waals surface area contributed by atoms with Crippen molar-refractivity contribution in [2.75, 3.05) is 0 Å². The molecule has 0 spiro atoms. The first-order valence-corrected chi connectivity index (χ1v) is 22.7. The van der Waals surface area contributed by atoms with Crippen LogP contribution in [-0.2, 0) is 26.5 Å². The molecule has 3 aromatic heterocycles. The minimum absolute atomic E-state index is 0. The Bertz CT molecular complexity index is 3510. The van der Waals surface area contributed by atoms with Crippen LogP contribution in [0, 0.1) is 18.5 Å². The van der Waals surface area contributed by atoms with Gasteiger partial charge in [-0.05, 0) is 73.5 Å². The van der Waals surface area contributed by atoms with Crippen LogP contribution in [0.25, 0.3) is 83.4 Å². The normalized spacial score (nSPS) is 11.7. The van der Waals surface area contributed by atoms with Gasteiger partial charge in [0.15, 0.2) is 0 Å².